The zero-order valence-electron chi connectivity index (χ0n) is 8.61. The Balaban J connectivity index is 2.65. The molecule has 0 saturated heterocycles. The lowest BCUT2D eigenvalue weighted by molar-refractivity contribution is -0.130. The third-order valence-electron chi connectivity index (χ3n) is 1.77. The second kappa shape index (κ2) is 3.79. The normalized spacial score (nSPS) is 11.4. The van der Waals surface area contributed by atoms with Crippen molar-refractivity contribution >= 4 is 11.6 Å². The standard InChI is InChI=1S/C9H15N3O2/c1-4-12-6-7(5-10-12)11-8(13)9(2,3)14/h5-6,14H,4H2,1-3H3,(H,11,13). The number of aliphatic hydroxyl groups is 1. The lowest BCUT2D eigenvalue weighted by Crippen LogP contribution is -2.36. The highest BCUT2D eigenvalue weighted by Crippen LogP contribution is 2.09. The zero-order valence-corrected chi connectivity index (χ0v) is 8.61. The molecule has 1 rings (SSSR count). The van der Waals surface area contributed by atoms with E-state index in [1.165, 1.54) is 13.8 Å². The number of anilines is 1. The van der Waals surface area contributed by atoms with Crippen molar-refractivity contribution < 1.29 is 9.90 Å². The number of carbonyl (C=O) groups excluding carboxylic acids is 1. The van der Waals surface area contributed by atoms with Crippen LogP contribution in [0.15, 0.2) is 12.4 Å². The Labute approximate surface area is 82.7 Å². The van der Waals surface area contributed by atoms with E-state index in [9.17, 15) is 9.90 Å². The number of rotatable bonds is 3. The number of nitrogens with zero attached hydrogens (tertiary/aromatic N) is 2. The van der Waals surface area contributed by atoms with Crippen LogP contribution in [0.1, 0.15) is 20.8 Å². The summed E-state index contributed by atoms with van der Waals surface area (Å²) < 4.78 is 1.69. The van der Waals surface area contributed by atoms with Crippen molar-refractivity contribution in [3.8, 4) is 0 Å². The van der Waals surface area contributed by atoms with E-state index in [1.807, 2.05) is 6.92 Å². The molecule has 1 aromatic heterocycles. The molecule has 1 amide bonds. The molecule has 0 fully saturated rings. The van der Waals surface area contributed by atoms with Crippen molar-refractivity contribution in [1.29, 1.82) is 0 Å². The average Bonchev–Trinajstić information content (AvgIpc) is 2.50. The second-order valence-corrected chi connectivity index (χ2v) is 3.60. The maximum Gasteiger partial charge on any atom is 0.255 e. The third kappa shape index (κ3) is 2.56. The first-order chi connectivity index (χ1) is 6.43. The van der Waals surface area contributed by atoms with Crippen LogP contribution >= 0.6 is 0 Å². The van der Waals surface area contributed by atoms with Crippen molar-refractivity contribution in [2.45, 2.75) is 32.9 Å². The van der Waals surface area contributed by atoms with Gasteiger partial charge in [0.25, 0.3) is 5.91 Å². The molecule has 0 radical (unpaired) electrons. The SMILES string of the molecule is CCn1cc(NC(=O)C(C)(C)O)cn1. The van der Waals surface area contributed by atoms with E-state index in [-0.39, 0.29) is 0 Å². The van der Waals surface area contributed by atoms with Crippen molar-refractivity contribution in [2.75, 3.05) is 5.32 Å². The highest BCUT2D eigenvalue weighted by atomic mass is 16.3. The predicted octanol–water partition coefficient (Wildman–Crippen LogP) is 0.612. The number of aryl methyl sites for hydroxylation is 1. The molecule has 0 saturated carbocycles. The van der Waals surface area contributed by atoms with Gasteiger partial charge in [-0.3, -0.25) is 9.48 Å². The van der Waals surface area contributed by atoms with E-state index in [0.29, 0.717) is 5.69 Å². The number of nitrogens with one attached hydrogen (secondary N) is 1. The maximum atomic E-state index is 11.3. The Morgan fingerprint density at radius 3 is 2.79 bits per heavy atom. The molecular formula is C9H15N3O2. The van der Waals surface area contributed by atoms with Crippen LogP contribution in [-0.2, 0) is 11.3 Å². The van der Waals surface area contributed by atoms with Crippen LogP contribution in [0, 0.1) is 0 Å². The molecule has 0 bridgehead atoms. The molecule has 1 aromatic rings. The molecule has 5 heteroatoms. The molecule has 14 heavy (non-hydrogen) atoms. The van der Waals surface area contributed by atoms with Crippen LogP contribution in [0.5, 0.6) is 0 Å². The highest BCUT2D eigenvalue weighted by Gasteiger charge is 2.23. The second-order valence-electron chi connectivity index (χ2n) is 3.60. The molecule has 2 N–H and O–H groups in total. The molecule has 1 heterocycles. The van der Waals surface area contributed by atoms with Gasteiger partial charge in [-0.25, -0.2) is 0 Å². The summed E-state index contributed by atoms with van der Waals surface area (Å²) >= 11 is 0. The smallest absolute Gasteiger partial charge is 0.255 e. The quantitative estimate of drug-likeness (QED) is 0.746. The van der Waals surface area contributed by atoms with E-state index in [0.717, 1.165) is 6.54 Å². The molecular weight excluding hydrogens is 182 g/mol. The Kier molecular flexibility index (Phi) is 2.90. The summed E-state index contributed by atoms with van der Waals surface area (Å²) in [4.78, 5) is 11.3. The van der Waals surface area contributed by atoms with Crippen molar-refractivity contribution in [1.82, 2.24) is 9.78 Å². The summed E-state index contributed by atoms with van der Waals surface area (Å²) in [5, 5.41) is 15.9. The van der Waals surface area contributed by atoms with E-state index in [1.54, 1.807) is 17.1 Å². The number of amides is 1. The molecule has 0 aliphatic heterocycles. The maximum absolute atomic E-state index is 11.3. The first-order valence-corrected chi connectivity index (χ1v) is 4.49. The summed E-state index contributed by atoms with van der Waals surface area (Å²) in [7, 11) is 0. The van der Waals surface area contributed by atoms with Crippen molar-refractivity contribution in [3.63, 3.8) is 0 Å². The molecule has 0 atom stereocenters. The lowest BCUT2D eigenvalue weighted by atomic mass is 10.1. The summed E-state index contributed by atoms with van der Waals surface area (Å²) in [6.07, 6.45) is 3.26. The Hall–Kier alpha value is -1.36. The van der Waals surface area contributed by atoms with E-state index < -0.39 is 11.5 Å². The van der Waals surface area contributed by atoms with E-state index in [4.69, 9.17) is 0 Å². The third-order valence-corrected chi connectivity index (χ3v) is 1.77. The number of hydrogen-bond acceptors (Lipinski definition) is 3. The fraction of sp³-hybridized carbons (Fsp3) is 0.556. The van der Waals surface area contributed by atoms with Gasteiger partial charge >= 0.3 is 0 Å². The van der Waals surface area contributed by atoms with Gasteiger partial charge in [0.1, 0.15) is 5.60 Å². The minimum absolute atomic E-state index is 0.437. The Bertz CT molecular complexity index is 325. The first kappa shape index (κ1) is 10.7. The fourth-order valence-electron chi connectivity index (χ4n) is 0.885. The first-order valence-electron chi connectivity index (χ1n) is 4.49. The average molecular weight is 197 g/mol. The molecule has 78 valence electrons. The van der Waals surface area contributed by atoms with Crippen LogP contribution in [-0.4, -0.2) is 26.4 Å². The molecule has 0 spiro atoms. The van der Waals surface area contributed by atoms with Crippen LogP contribution in [0.2, 0.25) is 0 Å². The number of aromatic nitrogens is 2. The van der Waals surface area contributed by atoms with Crippen LogP contribution in [0.4, 0.5) is 5.69 Å². The predicted molar refractivity (Wildman–Crippen MR) is 52.8 cm³/mol. The number of carbonyl (C=O) groups is 1. The molecule has 0 unspecified atom stereocenters. The topological polar surface area (TPSA) is 67.2 Å². The van der Waals surface area contributed by atoms with Gasteiger partial charge in [-0.2, -0.15) is 5.10 Å². The summed E-state index contributed by atoms with van der Waals surface area (Å²) in [6.45, 7) is 5.58. The number of hydrogen-bond donors (Lipinski definition) is 2. The Morgan fingerprint density at radius 2 is 2.36 bits per heavy atom. The summed E-state index contributed by atoms with van der Waals surface area (Å²) in [5.41, 5.74) is -0.770. The van der Waals surface area contributed by atoms with Gasteiger partial charge in [0, 0.05) is 12.7 Å². The van der Waals surface area contributed by atoms with E-state index >= 15 is 0 Å². The summed E-state index contributed by atoms with van der Waals surface area (Å²) in [6, 6.07) is 0. The Morgan fingerprint density at radius 1 is 1.71 bits per heavy atom. The molecule has 5 nitrogen and oxygen atoms in total. The monoisotopic (exact) mass is 197 g/mol. The largest absolute Gasteiger partial charge is 0.381 e. The molecule has 0 aliphatic rings. The van der Waals surface area contributed by atoms with Gasteiger partial charge in [0.2, 0.25) is 0 Å². The van der Waals surface area contributed by atoms with Gasteiger partial charge in [-0.1, -0.05) is 0 Å². The van der Waals surface area contributed by atoms with Gasteiger partial charge in [-0.15, -0.1) is 0 Å². The minimum Gasteiger partial charge on any atom is -0.381 e. The van der Waals surface area contributed by atoms with Crippen LogP contribution in [0.3, 0.4) is 0 Å². The molecule has 0 aromatic carbocycles. The fourth-order valence-corrected chi connectivity index (χ4v) is 0.885. The van der Waals surface area contributed by atoms with Crippen molar-refractivity contribution in [3.05, 3.63) is 12.4 Å². The van der Waals surface area contributed by atoms with E-state index in [2.05, 4.69) is 10.4 Å². The zero-order chi connectivity index (χ0) is 10.8. The van der Waals surface area contributed by atoms with Crippen LogP contribution < -0.4 is 5.32 Å². The van der Waals surface area contributed by atoms with Crippen LogP contribution in [0.25, 0.3) is 0 Å². The van der Waals surface area contributed by atoms with Gasteiger partial charge in [0.15, 0.2) is 0 Å². The molecule has 0 aliphatic carbocycles. The highest BCUT2D eigenvalue weighted by molar-refractivity contribution is 5.96. The van der Waals surface area contributed by atoms with Gasteiger partial charge < -0.3 is 10.4 Å². The minimum atomic E-state index is -1.37. The van der Waals surface area contributed by atoms with Gasteiger partial charge in [0.05, 0.1) is 11.9 Å². The lowest BCUT2D eigenvalue weighted by Gasteiger charge is -2.15. The van der Waals surface area contributed by atoms with Gasteiger partial charge in [-0.05, 0) is 20.8 Å². The van der Waals surface area contributed by atoms with Crippen molar-refractivity contribution in [2.24, 2.45) is 0 Å². The summed E-state index contributed by atoms with van der Waals surface area (Å²) in [5.74, 6) is -0.437.